The Hall–Kier alpha value is -3.76. The zero-order valence-corrected chi connectivity index (χ0v) is 20.7. The molecule has 1 aliphatic rings. The van der Waals surface area contributed by atoms with Gasteiger partial charge < -0.3 is 9.84 Å². The van der Waals surface area contributed by atoms with E-state index in [9.17, 15) is 18.7 Å². The lowest BCUT2D eigenvalue weighted by molar-refractivity contribution is 0.144. The van der Waals surface area contributed by atoms with Gasteiger partial charge in [0.15, 0.2) is 11.6 Å². The van der Waals surface area contributed by atoms with Gasteiger partial charge >= 0.3 is 0 Å². The zero-order valence-electron chi connectivity index (χ0n) is 20.0. The smallest absolute Gasteiger partial charge is 0.277 e. The van der Waals surface area contributed by atoms with E-state index in [1.165, 1.54) is 4.57 Å². The summed E-state index contributed by atoms with van der Waals surface area (Å²) in [5, 5.41) is 10.2. The molecule has 11 heteroatoms. The summed E-state index contributed by atoms with van der Waals surface area (Å²) < 4.78 is 34.0. The van der Waals surface area contributed by atoms with Gasteiger partial charge in [-0.1, -0.05) is 11.6 Å². The highest BCUT2D eigenvalue weighted by molar-refractivity contribution is 6.31. The molecule has 1 aliphatic carbocycles. The predicted octanol–water partition coefficient (Wildman–Crippen LogP) is 4.66. The Kier molecular flexibility index (Phi) is 6.70. The number of halogens is 3. The lowest BCUT2D eigenvalue weighted by Gasteiger charge is -2.17. The summed E-state index contributed by atoms with van der Waals surface area (Å²) in [7, 11) is 0. The highest BCUT2D eigenvalue weighted by Gasteiger charge is 2.32. The fourth-order valence-corrected chi connectivity index (χ4v) is 4.15. The van der Waals surface area contributed by atoms with Crippen molar-refractivity contribution in [2.45, 2.75) is 39.4 Å². The minimum atomic E-state index is -0.862. The van der Waals surface area contributed by atoms with Gasteiger partial charge in [-0.15, -0.1) is 0 Å². The monoisotopic (exact) mass is 525 g/mol. The van der Waals surface area contributed by atoms with Crippen LogP contribution in [0.25, 0.3) is 17.1 Å². The molecule has 0 aliphatic heterocycles. The second-order valence-corrected chi connectivity index (χ2v) is 9.29. The molecule has 37 heavy (non-hydrogen) atoms. The van der Waals surface area contributed by atoms with Crippen LogP contribution in [0, 0.1) is 31.4 Å². The highest BCUT2D eigenvalue weighted by Crippen LogP contribution is 2.40. The van der Waals surface area contributed by atoms with Gasteiger partial charge in [-0.2, -0.15) is 0 Å². The lowest BCUT2D eigenvalue weighted by atomic mass is 10.1. The maximum atomic E-state index is 13.9. The predicted molar refractivity (Wildman–Crippen MR) is 132 cm³/mol. The molecule has 0 bridgehead atoms. The molecule has 4 aromatic rings. The maximum absolute atomic E-state index is 13.9. The van der Waals surface area contributed by atoms with E-state index in [0.29, 0.717) is 40.2 Å². The maximum Gasteiger partial charge on any atom is 0.277 e. The van der Waals surface area contributed by atoms with E-state index in [2.05, 4.69) is 19.9 Å². The molecule has 0 radical (unpaired) electrons. The quantitative estimate of drug-likeness (QED) is 0.374. The average molecular weight is 526 g/mol. The van der Waals surface area contributed by atoms with Crippen LogP contribution >= 0.6 is 11.6 Å². The Bertz CT molecular complexity index is 1560. The van der Waals surface area contributed by atoms with Crippen molar-refractivity contribution in [3.63, 3.8) is 0 Å². The van der Waals surface area contributed by atoms with E-state index in [0.717, 1.165) is 19.0 Å². The topological polar surface area (TPSA) is 103 Å². The first kappa shape index (κ1) is 24.9. The number of aliphatic hydroxyl groups is 1. The van der Waals surface area contributed by atoms with E-state index in [1.54, 1.807) is 37.5 Å². The Balaban J connectivity index is 1.48. The summed E-state index contributed by atoms with van der Waals surface area (Å²) in [6.07, 6.45) is 5.24. The second kappa shape index (κ2) is 9.95. The first-order valence-corrected chi connectivity index (χ1v) is 11.9. The molecule has 5 rings (SSSR count). The van der Waals surface area contributed by atoms with E-state index in [4.69, 9.17) is 16.3 Å². The summed E-state index contributed by atoms with van der Waals surface area (Å²) in [6.45, 7) is 3.17. The number of hydrogen-bond donors (Lipinski definition) is 1. The van der Waals surface area contributed by atoms with Crippen molar-refractivity contribution in [2.24, 2.45) is 5.92 Å². The Labute approximate surface area is 215 Å². The fourth-order valence-electron chi connectivity index (χ4n) is 3.96. The van der Waals surface area contributed by atoms with E-state index < -0.39 is 23.3 Å². The van der Waals surface area contributed by atoms with Crippen molar-refractivity contribution in [1.29, 1.82) is 0 Å². The number of aryl methyl sites for hydroxylation is 2. The summed E-state index contributed by atoms with van der Waals surface area (Å²) in [6, 6.07) is 5.66. The number of ether oxygens (including phenoxy) is 1. The van der Waals surface area contributed by atoms with Gasteiger partial charge in [0.05, 0.1) is 23.3 Å². The highest BCUT2D eigenvalue weighted by atomic mass is 35.5. The van der Waals surface area contributed by atoms with Gasteiger partial charge in [0, 0.05) is 30.2 Å². The molecule has 0 spiro atoms. The van der Waals surface area contributed by atoms with Gasteiger partial charge in [-0.05, 0) is 50.3 Å². The summed E-state index contributed by atoms with van der Waals surface area (Å²) in [4.78, 5) is 30.1. The van der Waals surface area contributed by atoms with Gasteiger partial charge in [-0.25, -0.2) is 18.7 Å². The minimum absolute atomic E-state index is 0.0485. The van der Waals surface area contributed by atoms with E-state index >= 15 is 0 Å². The van der Waals surface area contributed by atoms with Crippen molar-refractivity contribution in [3.05, 3.63) is 92.6 Å². The number of aromatic nitrogens is 5. The molecule has 190 valence electrons. The van der Waals surface area contributed by atoms with Crippen LogP contribution in [0.4, 0.5) is 8.78 Å². The Morgan fingerprint density at radius 1 is 1.14 bits per heavy atom. The van der Waals surface area contributed by atoms with Crippen molar-refractivity contribution in [1.82, 2.24) is 24.5 Å². The molecule has 1 N–H and O–H groups in total. The van der Waals surface area contributed by atoms with Crippen LogP contribution in [-0.2, 0) is 6.61 Å². The van der Waals surface area contributed by atoms with Crippen LogP contribution in [0.5, 0.6) is 5.75 Å². The number of hydrogen-bond acceptors (Lipinski definition) is 7. The summed E-state index contributed by atoms with van der Waals surface area (Å²) in [5.74, 6) is -1.10. The van der Waals surface area contributed by atoms with E-state index in [-0.39, 0.29) is 29.0 Å². The number of nitrogens with zero attached hydrogens (tertiary/aromatic N) is 5. The molecule has 4 heterocycles. The Morgan fingerprint density at radius 3 is 2.65 bits per heavy atom. The van der Waals surface area contributed by atoms with Crippen molar-refractivity contribution < 1.29 is 18.6 Å². The van der Waals surface area contributed by atoms with E-state index in [1.807, 2.05) is 6.92 Å². The number of aliphatic hydroxyl groups excluding tert-OH is 1. The molecule has 8 nitrogen and oxygen atoms in total. The van der Waals surface area contributed by atoms with Crippen LogP contribution in [0.3, 0.4) is 0 Å². The molecule has 4 aromatic heterocycles. The van der Waals surface area contributed by atoms with Crippen molar-refractivity contribution in [2.75, 3.05) is 0 Å². The van der Waals surface area contributed by atoms with Gasteiger partial charge in [-0.3, -0.25) is 19.3 Å². The molecule has 0 unspecified atom stereocenters. The van der Waals surface area contributed by atoms with Gasteiger partial charge in [0.2, 0.25) is 0 Å². The third-order valence-electron chi connectivity index (χ3n) is 6.13. The van der Waals surface area contributed by atoms with Crippen LogP contribution in [0.15, 0.2) is 47.7 Å². The second-order valence-electron chi connectivity index (χ2n) is 8.91. The SMILES string of the molecule is Cc1cnc(-c2ccnc([C@H](O)C3CC3)n2)cc1-n1c(C)cc(OCc2ncc(F)cc2F)c(Cl)c1=O. The van der Waals surface area contributed by atoms with Crippen LogP contribution in [-0.4, -0.2) is 29.6 Å². The lowest BCUT2D eigenvalue weighted by Crippen LogP contribution is -2.23. The molecular formula is C26H22ClF2N5O3. The number of pyridine rings is 3. The largest absolute Gasteiger partial charge is 0.485 e. The summed E-state index contributed by atoms with van der Waals surface area (Å²) in [5.41, 5.74) is 2.09. The summed E-state index contributed by atoms with van der Waals surface area (Å²) >= 11 is 6.36. The van der Waals surface area contributed by atoms with Gasteiger partial charge in [0.1, 0.15) is 35.0 Å². The zero-order chi connectivity index (χ0) is 26.3. The first-order valence-electron chi connectivity index (χ1n) is 11.6. The molecular weight excluding hydrogens is 504 g/mol. The standard InChI is InChI=1S/C26H22ClF2N5O3/c1-13-10-31-19(18-5-6-30-25(33-18)24(35)15-3-4-15)9-21(13)34-14(2)7-22(23(27)26(34)36)37-12-20-17(29)8-16(28)11-32-20/h5-11,15,24,35H,3-4,12H2,1-2H3/t24-/m1/s1. The molecule has 0 saturated heterocycles. The fraction of sp³-hybridized carbons (Fsp3) is 0.269. The molecule has 1 saturated carbocycles. The van der Waals surface area contributed by atoms with Gasteiger partial charge in [0.25, 0.3) is 5.56 Å². The van der Waals surface area contributed by atoms with Crippen LogP contribution in [0.2, 0.25) is 5.02 Å². The average Bonchev–Trinajstić information content (AvgIpc) is 3.73. The first-order chi connectivity index (χ1) is 17.7. The van der Waals surface area contributed by atoms with Crippen molar-refractivity contribution >= 4 is 11.6 Å². The normalized spacial score (nSPS) is 14.0. The van der Waals surface area contributed by atoms with Crippen LogP contribution in [0.1, 0.15) is 41.7 Å². The molecule has 0 aromatic carbocycles. The van der Waals surface area contributed by atoms with Crippen LogP contribution < -0.4 is 10.3 Å². The molecule has 1 atom stereocenters. The molecule has 1 fully saturated rings. The minimum Gasteiger partial charge on any atom is -0.485 e. The van der Waals surface area contributed by atoms with Crippen molar-refractivity contribution in [3.8, 4) is 22.8 Å². The molecule has 0 amide bonds. The third-order valence-corrected chi connectivity index (χ3v) is 6.48. The number of rotatable bonds is 7. The Morgan fingerprint density at radius 2 is 1.92 bits per heavy atom. The third kappa shape index (κ3) is 5.07.